The molecular formula is C10H11NOS2. The minimum atomic E-state index is 0.629. The second-order valence-corrected chi connectivity index (χ2v) is 4.27. The molecule has 0 saturated heterocycles. The predicted octanol–water partition coefficient (Wildman–Crippen LogP) is 3.17. The first-order chi connectivity index (χ1) is 6.74. The van der Waals surface area contributed by atoms with Crippen LogP contribution in [-0.2, 0) is 0 Å². The van der Waals surface area contributed by atoms with Crippen molar-refractivity contribution in [3.63, 3.8) is 0 Å². The Balaban J connectivity index is 2.68. The summed E-state index contributed by atoms with van der Waals surface area (Å²) in [5.41, 5.74) is 6.65. The Hall–Kier alpha value is -0.870. The van der Waals surface area contributed by atoms with Gasteiger partial charge in [-0.1, -0.05) is 0 Å². The summed E-state index contributed by atoms with van der Waals surface area (Å²) < 4.78 is 6.54. The Morgan fingerprint density at radius 2 is 2.36 bits per heavy atom. The molecule has 2 rings (SSSR count). The van der Waals surface area contributed by atoms with E-state index in [1.807, 2.05) is 24.4 Å². The van der Waals surface area contributed by atoms with Crippen LogP contribution in [0, 0.1) is 0 Å². The first-order valence-electron chi connectivity index (χ1n) is 4.35. The normalized spacial score (nSPS) is 10.7. The number of thiol groups is 1. The van der Waals surface area contributed by atoms with Crippen LogP contribution in [-0.4, -0.2) is 6.61 Å². The molecule has 0 fully saturated rings. The predicted molar refractivity (Wildman–Crippen MR) is 64.7 cm³/mol. The van der Waals surface area contributed by atoms with E-state index >= 15 is 0 Å². The van der Waals surface area contributed by atoms with Gasteiger partial charge in [0.1, 0.15) is 5.75 Å². The van der Waals surface area contributed by atoms with Crippen LogP contribution < -0.4 is 10.5 Å². The first-order valence-corrected chi connectivity index (χ1v) is 5.68. The van der Waals surface area contributed by atoms with E-state index in [4.69, 9.17) is 10.5 Å². The van der Waals surface area contributed by atoms with Gasteiger partial charge < -0.3 is 10.5 Å². The number of hydrogen-bond acceptors (Lipinski definition) is 4. The van der Waals surface area contributed by atoms with Crippen molar-refractivity contribution in [1.82, 2.24) is 0 Å². The zero-order valence-corrected chi connectivity index (χ0v) is 9.49. The fraction of sp³-hybridized carbons (Fsp3) is 0.200. The van der Waals surface area contributed by atoms with Gasteiger partial charge in [-0.05, 0) is 18.4 Å². The number of anilines is 1. The minimum absolute atomic E-state index is 0.629. The van der Waals surface area contributed by atoms with E-state index < -0.39 is 0 Å². The summed E-state index contributed by atoms with van der Waals surface area (Å²) in [7, 11) is 0. The molecule has 14 heavy (non-hydrogen) atoms. The van der Waals surface area contributed by atoms with Gasteiger partial charge in [0, 0.05) is 17.1 Å². The molecule has 0 radical (unpaired) electrons. The molecule has 4 heteroatoms. The van der Waals surface area contributed by atoms with Gasteiger partial charge in [0.2, 0.25) is 0 Å². The summed E-state index contributed by atoms with van der Waals surface area (Å²) in [6, 6.07) is 3.84. The van der Waals surface area contributed by atoms with Crippen LogP contribution in [0.4, 0.5) is 5.69 Å². The second kappa shape index (κ2) is 3.71. The molecule has 0 unspecified atom stereocenters. The molecule has 0 spiro atoms. The van der Waals surface area contributed by atoms with Gasteiger partial charge in [0.05, 0.1) is 16.2 Å². The van der Waals surface area contributed by atoms with Crippen molar-refractivity contribution in [2.75, 3.05) is 12.3 Å². The lowest BCUT2D eigenvalue weighted by molar-refractivity contribution is 0.333. The zero-order chi connectivity index (χ0) is 10.1. The zero-order valence-electron chi connectivity index (χ0n) is 7.78. The van der Waals surface area contributed by atoms with E-state index in [0.717, 1.165) is 26.4 Å². The summed E-state index contributed by atoms with van der Waals surface area (Å²) in [4.78, 5) is 0.881. The van der Waals surface area contributed by atoms with Crippen LogP contribution in [0.3, 0.4) is 0 Å². The minimum Gasteiger partial charge on any atom is -0.493 e. The number of nitrogen functional groups attached to an aromatic ring is 1. The van der Waals surface area contributed by atoms with Crippen molar-refractivity contribution < 1.29 is 4.74 Å². The molecule has 2 nitrogen and oxygen atoms in total. The van der Waals surface area contributed by atoms with E-state index in [-0.39, 0.29) is 0 Å². The second-order valence-electron chi connectivity index (χ2n) is 2.91. The lowest BCUT2D eigenvalue weighted by Crippen LogP contribution is -1.95. The van der Waals surface area contributed by atoms with E-state index in [2.05, 4.69) is 12.6 Å². The standard InChI is InChI=1S/C10H11NOS2/c1-2-12-8-5-7(11)6-3-4-14-10(6)9(8)13/h3-5,13H,2,11H2,1H3. The molecular weight excluding hydrogens is 214 g/mol. The van der Waals surface area contributed by atoms with Crippen LogP contribution in [0.5, 0.6) is 5.75 Å². The van der Waals surface area contributed by atoms with Crippen LogP contribution >= 0.6 is 24.0 Å². The number of nitrogens with two attached hydrogens (primary N) is 1. The van der Waals surface area contributed by atoms with Crippen molar-refractivity contribution in [1.29, 1.82) is 0 Å². The molecule has 1 heterocycles. The summed E-state index contributed by atoms with van der Waals surface area (Å²) >= 11 is 6.07. The smallest absolute Gasteiger partial charge is 0.136 e. The average Bonchev–Trinajstić information content (AvgIpc) is 2.63. The maximum absolute atomic E-state index is 5.89. The van der Waals surface area contributed by atoms with Crippen molar-refractivity contribution in [2.24, 2.45) is 0 Å². The van der Waals surface area contributed by atoms with Gasteiger partial charge >= 0.3 is 0 Å². The molecule has 74 valence electrons. The highest BCUT2D eigenvalue weighted by Gasteiger charge is 2.09. The SMILES string of the molecule is CCOc1cc(N)c2ccsc2c1S. The average molecular weight is 225 g/mol. The Morgan fingerprint density at radius 3 is 3.07 bits per heavy atom. The number of ether oxygens (including phenoxy) is 1. The van der Waals surface area contributed by atoms with E-state index in [9.17, 15) is 0 Å². The maximum Gasteiger partial charge on any atom is 0.136 e. The third kappa shape index (κ3) is 1.44. The molecule has 0 saturated carbocycles. The van der Waals surface area contributed by atoms with Crippen molar-refractivity contribution in [3.8, 4) is 5.75 Å². The Labute approximate surface area is 92.1 Å². The largest absolute Gasteiger partial charge is 0.493 e. The highest BCUT2D eigenvalue weighted by Crippen LogP contribution is 2.38. The molecule has 0 atom stereocenters. The maximum atomic E-state index is 5.89. The summed E-state index contributed by atoms with van der Waals surface area (Å²) in [5.74, 6) is 0.767. The van der Waals surface area contributed by atoms with Gasteiger partial charge in [-0.2, -0.15) is 0 Å². The third-order valence-corrected chi connectivity index (χ3v) is 3.54. The molecule has 2 aromatic rings. The van der Waals surface area contributed by atoms with Crippen LogP contribution in [0.25, 0.3) is 10.1 Å². The van der Waals surface area contributed by atoms with Crippen molar-refractivity contribution >= 4 is 39.7 Å². The Bertz CT molecular complexity index is 464. The molecule has 0 aliphatic heterocycles. The highest BCUT2D eigenvalue weighted by atomic mass is 32.1. The van der Waals surface area contributed by atoms with Crippen LogP contribution in [0.2, 0.25) is 0 Å². The van der Waals surface area contributed by atoms with Crippen LogP contribution in [0.15, 0.2) is 22.4 Å². The molecule has 0 aliphatic rings. The van der Waals surface area contributed by atoms with Crippen molar-refractivity contribution in [3.05, 3.63) is 17.5 Å². The number of hydrogen-bond donors (Lipinski definition) is 2. The Kier molecular flexibility index (Phi) is 2.56. The first kappa shape index (κ1) is 9.68. The number of thiophene rings is 1. The topological polar surface area (TPSA) is 35.2 Å². The van der Waals surface area contributed by atoms with Gasteiger partial charge in [0.15, 0.2) is 0 Å². The molecule has 0 bridgehead atoms. The lowest BCUT2D eigenvalue weighted by Gasteiger charge is -2.08. The Morgan fingerprint density at radius 1 is 1.57 bits per heavy atom. The summed E-state index contributed by atoms with van der Waals surface area (Å²) in [6.45, 7) is 2.58. The molecule has 0 aliphatic carbocycles. The van der Waals surface area contributed by atoms with Crippen LogP contribution in [0.1, 0.15) is 6.92 Å². The van der Waals surface area contributed by atoms with Gasteiger partial charge in [-0.25, -0.2) is 0 Å². The molecule has 0 amide bonds. The fourth-order valence-corrected chi connectivity index (χ4v) is 2.66. The number of benzene rings is 1. The fourth-order valence-electron chi connectivity index (χ4n) is 1.38. The van der Waals surface area contributed by atoms with Gasteiger partial charge in [-0.15, -0.1) is 24.0 Å². The highest BCUT2D eigenvalue weighted by molar-refractivity contribution is 7.81. The monoisotopic (exact) mass is 225 g/mol. The third-order valence-electron chi connectivity index (χ3n) is 2.01. The molecule has 2 N–H and O–H groups in total. The van der Waals surface area contributed by atoms with E-state index in [1.165, 1.54) is 0 Å². The quantitative estimate of drug-likeness (QED) is 0.608. The summed E-state index contributed by atoms with van der Waals surface area (Å²) in [6.07, 6.45) is 0. The number of fused-ring (bicyclic) bond motifs is 1. The van der Waals surface area contributed by atoms with Gasteiger partial charge in [0.25, 0.3) is 0 Å². The summed E-state index contributed by atoms with van der Waals surface area (Å²) in [5, 5.41) is 3.07. The lowest BCUT2D eigenvalue weighted by atomic mass is 10.2. The van der Waals surface area contributed by atoms with E-state index in [1.54, 1.807) is 11.3 Å². The van der Waals surface area contributed by atoms with E-state index in [0.29, 0.717) is 6.61 Å². The number of rotatable bonds is 2. The molecule has 1 aromatic carbocycles. The van der Waals surface area contributed by atoms with Crippen molar-refractivity contribution in [2.45, 2.75) is 11.8 Å². The van der Waals surface area contributed by atoms with Gasteiger partial charge in [-0.3, -0.25) is 0 Å². The molecule has 1 aromatic heterocycles.